The van der Waals surface area contributed by atoms with Gasteiger partial charge in [-0.3, -0.25) is 4.79 Å². The number of hydrogen-bond acceptors (Lipinski definition) is 5. The quantitative estimate of drug-likeness (QED) is 0.248. The lowest BCUT2D eigenvalue weighted by molar-refractivity contribution is 0.0763. The zero-order valence-corrected chi connectivity index (χ0v) is 27.8. The first-order valence-electron chi connectivity index (χ1n) is 15.2. The number of nitrogens with one attached hydrogen (secondary N) is 1. The normalized spacial score (nSPS) is 16.2. The molecule has 0 radical (unpaired) electrons. The molecule has 0 saturated heterocycles. The first-order valence-corrected chi connectivity index (χ1v) is 16.6. The summed E-state index contributed by atoms with van der Waals surface area (Å²) in [6, 6.07) is 15.6. The molecule has 1 aliphatic heterocycles. The Bertz CT molecular complexity index is 1190. The number of fused-ring (bicyclic) bond motifs is 1. The van der Waals surface area contributed by atoms with Gasteiger partial charge in [0, 0.05) is 51.4 Å². The van der Waals surface area contributed by atoms with Gasteiger partial charge in [0.25, 0.3) is 5.91 Å². The predicted molar refractivity (Wildman–Crippen MR) is 177 cm³/mol. The van der Waals surface area contributed by atoms with Gasteiger partial charge in [-0.1, -0.05) is 49.9 Å². The Morgan fingerprint density at radius 2 is 1.52 bits per heavy atom. The summed E-state index contributed by atoms with van der Waals surface area (Å²) in [5, 5.41) is 3.54. The van der Waals surface area contributed by atoms with Crippen molar-refractivity contribution in [1.29, 1.82) is 0 Å². The molecule has 0 aromatic heterocycles. The number of nitrogens with zero attached hydrogens (tertiary/aromatic N) is 3. The molecule has 1 amide bonds. The number of halogens is 2. The second-order valence-electron chi connectivity index (χ2n) is 11.5. The van der Waals surface area contributed by atoms with Gasteiger partial charge in [0.05, 0.1) is 4.90 Å². The maximum absolute atomic E-state index is 13.3. The van der Waals surface area contributed by atoms with Crippen LogP contribution in [0, 0.1) is 0 Å². The number of unbranched alkanes of at least 4 members (excludes halogenated alkanes) is 1. The number of rotatable bonds is 12. The van der Waals surface area contributed by atoms with Crippen molar-refractivity contribution in [3.8, 4) is 0 Å². The van der Waals surface area contributed by atoms with E-state index in [2.05, 4.69) is 17.3 Å². The molecule has 0 atom stereocenters. The minimum atomic E-state index is -3.56. The van der Waals surface area contributed by atoms with E-state index in [1.165, 1.54) is 42.8 Å². The molecule has 1 heterocycles. The van der Waals surface area contributed by atoms with Crippen molar-refractivity contribution in [1.82, 2.24) is 19.4 Å². The lowest BCUT2D eigenvalue weighted by atomic mass is 10.0. The monoisotopic (exact) mass is 640 g/mol. The van der Waals surface area contributed by atoms with Crippen LogP contribution in [0.2, 0.25) is 0 Å². The largest absolute Gasteiger partial charge is 0.338 e. The van der Waals surface area contributed by atoms with Gasteiger partial charge in [0.1, 0.15) is 0 Å². The standard InChI is InChI=1S/C32H48N4O3S.2ClH/c1-34(30-14-8-3-4-9-15-30)25-21-33-20-10-11-22-35(2)40(38,39)31-17-16-27-18-23-36(24-19-29(27)26-31)32(37)28-12-6-5-7-13-28;;/h5-7,12-13,16-17,26,30,33H,3-4,8-11,14-15,18-25H2,1-2H3;2*1H. The van der Waals surface area contributed by atoms with Crippen molar-refractivity contribution in [2.45, 2.75) is 75.1 Å². The molecule has 0 spiro atoms. The first-order chi connectivity index (χ1) is 19.4. The third kappa shape index (κ3) is 10.2. The zero-order valence-electron chi connectivity index (χ0n) is 25.3. The van der Waals surface area contributed by atoms with Crippen LogP contribution in [0.3, 0.4) is 0 Å². The Labute approximate surface area is 266 Å². The average Bonchev–Trinajstić information content (AvgIpc) is 3.38. The molecule has 42 heavy (non-hydrogen) atoms. The summed E-state index contributed by atoms with van der Waals surface area (Å²) < 4.78 is 28.1. The summed E-state index contributed by atoms with van der Waals surface area (Å²) in [5.74, 6) is 0.0297. The zero-order chi connectivity index (χ0) is 28.4. The summed E-state index contributed by atoms with van der Waals surface area (Å²) in [4.78, 5) is 17.7. The van der Waals surface area contributed by atoms with Crippen molar-refractivity contribution in [3.05, 3.63) is 65.2 Å². The van der Waals surface area contributed by atoms with Gasteiger partial charge >= 0.3 is 0 Å². The highest BCUT2D eigenvalue weighted by molar-refractivity contribution is 7.89. The Hall–Kier alpha value is -1.68. The summed E-state index contributed by atoms with van der Waals surface area (Å²) in [6.07, 6.45) is 11.3. The van der Waals surface area contributed by atoms with E-state index in [4.69, 9.17) is 0 Å². The van der Waals surface area contributed by atoms with Crippen molar-refractivity contribution in [2.24, 2.45) is 0 Å². The number of carbonyl (C=O) groups excluding carboxylic acids is 1. The van der Waals surface area contributed by atoms with Crippen LogP contribution in [0.5, 0.6) is 0 Å². The molecular weight excluding hydrogens is 591 g/mol. The SMILES string of the molecule is CN(CCNCCCCN(C)S(=O)(=O)c1ccc2c(c1)CCN(C(=O)c1ccccc1)CC2)C1CCCCCC1.Cl.Cl. The maximum Gasteiger partial charge on any atom is 0.253 e. The number of amides is 1. The Balaban J connectivity index is 0.00000308. The molecule has 1 N–H and O–H groups in total. The Morgan fingerprint density at radius 3 is 2.21 bits per heavy atom. The van der Waals surface area contributed by atoms with E-state index in [-0.39, 0.29) is 30.7 Å². The van der Waals surface area contributed by atoms with Gasteiger partial charge in [0.2, 0.25) is 10.0 Å². The number of likely N-dealkylation sites (N-methyl/N-ethyl adjacent to an activating group) is 1. The van der Waals surface area contributed by atoms with E-state index in [1.807, 2.05) is 47.4 Å². The van der Waals surface area contributed by atoms with Gasteiger partial charge < -0.3 is 15.1 Å². The summed E-state index contributed by atoms with van der Waals surface area (Å²) in [6.45, 7) is 4.67. The van der Waals surface area contributed by atoms with Crippen molar-refractivity contribution in [3.63, 3.8) is 0 Å². The molecule has 1 saturated carbocycles. The fourth-order valence-electron chi connectivity index (χ4n) is 5.97. The molecule has 0 unspecified atom stereocenters. The number of sulfonamides is 1. The van der Waals surface area contributed by atoms with Gasteiger partial charge in [-0.05, 0) is 87.5 Å². The van der Waals surface area contributed by atoms with Crippen LogP contribution in [-0.4, -0.2) is 87.8 Å². The second kappa shape index (κ2) is 18.2. The fraction of sp³-hybridized carbons (Fsp3) is 0.594. The molecule has 236 valence electrons. The van der Waals surface area contributed by atoms with E-state index in [1.54, 1.807) is 13.1 Å². The summed E-state index contributed by atoms with van der Waals surface area (Å²) in [5.41, 5.74) is 2.84. The summed E-state index contributed by atoms with van der Waals surface area (Å²) >= 11 is 0. The molecule has 2 aliphatic rings. The number of benzene rings is 2. The third-order valence-corrected chi connectivity index (χ3v) is 10.5. The van der Waals surface area contributed by atoms with E-state index < -0.39 is 10.0 Å². The topological polar surface area (TPSA) is 73.0 Å². The predicted octanol–water partition coefficient (Wildman–Crippen LogP) is 5.42. The maximum atomic E-state index is 13.3. The van der Waals surface area contributed by atoms with E-state index in [9.17, 15) is 13.2 Å². The van der Waals surface area contributed by atoms with Crippen molar-refractivity contribution in [2.75, 3.05) is 53.4 Å². The molecule has 0 bridgehead atoms. The van der Waals surface area contributed by atoms with E-state index >= 15 is 0 Å². The fourth-order valence-corrected chi connectivity index (χ4v) is 7.24. The van der Waals surface area contributed by atoms with Crippen LogP contribution < -0.4 is 5.32 Å². The van der Waals surface area contributed by atoms with Gasteiger partial charge in [0.15, 0.2) is 0 Å². The smallest absolute Gasteiger partial charge is 0.253 e. The first kappa shape index (κ1) is 36.5. The molecule has 10 heteroatoms. The third-order valence-electron chi connectivity index (χ3n) is 8.66. The van der Waals surface area contributed by atoms with Gasteiger partial charge in [-0.2, -0.15) is 0 Å². The highest BCUT2D eigenvalue weighted by Crippen LogP contribution is 2.24. The molecule has 2 aromatic carbocycles. The van der Waals surface area contributed by atoms with Crippen LogP contribution in [0.4, 0.5) is 0 Å². The highest BCUT2D eigenvalue weighted by atomic mass is 35.5. The molecule has 7 nitrogen and oxygen atoms in total. The molecular formula is C32H50Cl2N4O3S. The van der Waals surface area contributed by atoms with Crippen LogP contribution in [0.15, 0.2) is 53.4 Å². The molecule has 2 aromatic rings. The van der Waals surface area contributed by atoms with Crippen LogP contribution >= 0.6 is 24.8 Å². The van der Waals surface area contributed by atoms with Crippen molar-refractivity contribution < 1.29 is 13.2 Å². The molecule has 1 fully saturated rings. The molecule has 4 rings (SSSR count). The Morgan fingerprint density at radius 1 is 0.857 bits per heavy atom. The minimum Gasteiger partial charge on any atom is -0.338 e. The van der Waals surface area contributed by atoms with Crippen molar-refractivity contribution >= 4 is 40.7 Å². The number of hydrogen-bond donors (Lipinski definition) is 1. The van der Waals surface area contributed by atoms with E-state index in [0.29, 0.717) is 36.5 Å². The van der Waals surface area contributed by atoms with E-state index in [0.717, 1.165) is 56.1 Å². The minimum absolute atomic E-state index is 0. The van der Waals surface area contributed by atoms with Gasteiger partial charge in [-0.15, -0.1) is 24.8 Å². The highest BCUT2D eigenvalue weighted by Gasteiger charge is 2.24. The van der Waals surface area contributed by atoms with Gasteiger partial charge in [-0.25, -0.2) is 12.7 Å². The van der Waals surface area contributed by atoms with Crippen LogP contribution in [0.25, 0.3) is 0 Å². The Kier molecular flexibility index (Phi) is 15.8. The second-order valence-corrected chi connectivity index (χ2v) is 13.5. The molecule has 1 aliphatic carbocycles. The van der Waals surface area contributed by atoms with Crippen LogP contribution in [-0.2, 0) is 22.9 Å². The lowest BCUT2D eigenvalue weighted by Crippen LogP contribution is -2.37. The average molecular weight is 642 g/mol. The summed E-state index contributed by atoms with van der Waals surface area (Å²) in [7, 11) is 0.372. The van der Waals surface area contributed by atoms with Crippen LogP contribution in [0.1, 0.15) is 72.9 Å². The number of carbonyl (C=O) groups is 1. The lowest BCUT2D eigenvalue weighted by Gasteiger charge is -2.27.